The molecule has 0 saturated heterocycles. The lowest BCUT2D eigenvalue weighted by Crippen LogP contribution is -2.45. The number of hydrogen-bond donors (Lipinski definition) is 1. The summed E-state index contributed by atoms with van der Waals surface area (Å²) in [5, 5.41) is 20.6. The van der Waals surface area contributed by atoms with Gasteiger partial charge in [0.1, 0.15) is 17.1 Å². The van der Waals surface area contributed by atoms with Crippen molar-refractivity contribution in [1.82, 2.24) is 4.90 Å². The van der Waals surface area contributed by atoms with Crippen LogP contribution < -0.4 is 4.74 Å². The van der Waals surface area contributed by atoms with E-state index in [-0.39, 0.29) is 17.7 Å². The van der Waals surface area contributed by atoms with E-state index >= 15 is 4.39 Å². The minimum Gasteiger partial charge on any atom is -0.479 e. The van der Waals surface area contributed by atoms with Gasteiger partial charge in [-0.3, -0.25) is 29.3 Å². The Hall–Kier alpha value is -4.07. The maximum absolute atomic E-state index is 15.3. The van der Waals surface area contributed by atoms with Crippen molar-refractivity contribution >= 4 is 17.7 Å². The number of carbonyl (C=O) groups is 3. The lowest BCUT2D eigenvalue weighted by atomic mass is 9.76. The second-order valence-electron chi connectivity index (χ2n) is 8.41. The van der Waals surface area contributed by atoms with Crippen LogP contribution >= 0.6 is 0 Å². The van der Waals surface area contributed by atoms with Gasteiger partial charge in [0.15, 0.2) is 11.9 Å². The van der Waals surface area contributed by atoms with Gasteiger partial charge >= 0.3 is 18.6 Å². The van der Waals surface area contributed by atoms with Crippen molar-refractivity contribution in [2.45, 2.75) is 37.5 Å². The number of allylic oxidation sites excluding steroid dienone is 3. The topological polar surface area (TPSA) is 136 Å². The van der Waals surface area contributed by atoms with Gasteiger partial charge in [0.25, 0.3) is 5.91 Å². The van der Waals surface area contributed by atoms with Crippen molar-refractivity contribution in [2.75, 3.05) is 6.54 Å². The zero-order valence-electron chi connectivity index (χ0n) is 18.2. The Balaban J connectivity index is 1.65. The maximum atomic E-state index is 15.3. The summed E-state index contributed by atoms with van der Waals surface area (Å²) >= 11 is 0. The standard InChI is InChI=1S/C22H16F4N2O8/c1-21(10-3-2-4-11(7-10)36-22(24,25)26)6-5-13(12(23)8-21)27-9-14(29)15-16(18(27)30)17(20(31)32)35-19(15)28(33)34/h2-5,7-8,17,19H,6,9H2,1H3,(H,31,32). The Kier molecular flexibility index (Phi) is 5.95. The molecule has 0 spiro atoms. The summed E-state index contributed by atoms with van der Waals surface area (Å²) in [5.74, 6) is -5.37. The summed E-state index contributed by atoms with van der Waals surface area (Å²) in [7, 11) is 0. The van der Waals surface area contributed by atoms with E-state index in [2.05, 4.69) is 4.74 Å². The highest BCUT2D eigenvalue weighted by Gasteiger charge is 2.55. The van der Waals surface area contributed by atoms with Gasteiger partial charge in [-0.15, -0.1) is 13.2 Å². The number of nitrogens with zero attached hydrogens (tertiary/aromatic N) is 2. The molecule has 0 saturated carbocycles. The van der Waals surface area contributed by atoms with E-state index in [0.717, 1.165) is 18.2 Å². The van der Waals surface area contributed by atoms with Crippen molar-refractivity contribution in [1.29, 1.82) is 0 Å². The molecule has 3 atom stereocenters. The molecule has 0 fully saturated rings. The van der Waals surface area contributed by atoms with Crippen LogP contribution in [0.4, 0.5) is 17.6 Å². The molecule has 1 N–H and O–H groups in total. The largest absolute Gasteiger partial charge is 0.573 e. The third-order valence-corrected chi connectivity index (χ3v) is 5.99. The quantitative estimate of drug-likeness (QED) is 0.361. The van der Waals surface area contributed by atoms with Gasteiger partial charge in [0.05, 0.1) is 22.7 Å². The molecule has 1 aliphatic carbocycles. The molecule has 0 radical (unpaired) electrons. The summed E-state index contributed by atoms with van der Waals surface area (Å²) in [6.45, 7) is 0.736. The lowest BCUT2D eigenvalue weighted by Gasteiger charge is -2.34. The molecule has 4 rings (SSSR count). The highest BCUT2D eigenvalue weighted by Crippen LogP contribution is 2.42. The van der Waals surface area contributed by atoms with Gasteiger partial charge in [-0.2, -0.15) is 0 Å². The Morgan fingerprint density at radius 2 is 2.00 bits per heavy atom. The number of carboxylic acids is 1. The molecule has 14 heteroatoms. The van der Waals surface area contributed by atoms with E-state index in [4.69, 9.17) is 4.74 Å². The number of amides is 1. The SMILES string of the molecule is CC1(c2cccc(OC(F)(F)F)c2)C=C(F)C(N2CC(=O)C3=C(C2=O)C(C(=O)O)OC3[N+](=O)[O-])=CC1. The van der Waals surface area contributed by atoms with Crippen LogP contribution in [-0.2, 0) is 24.5 Å². The van der Waals surface area contributed by atoms with Crippen molar-refractivity contribution in [3.63, 3.8) is 0 Å². The fourth-order valence-corrected chi connectivity index (χ4v) is 4.34. The highest BCUT2D eigenvalue weighted by molar-refractivity contribution is 6.16. The monoisotopic (exact) mass is 512 g/mol. The molecular formula is C22H16F4N2O8. The maximum Gasteiger partial charge on any atom is 0.573 e. The lowest BCUT2D eigenvalue weighted by molar-refractivity contribution is -0.561. The Morgan fingerprint density at radius 1 is 1.31 bits per heavy atom. The summed E-state index contributed by atoms with van der Waals surface area (Å²) in [4.78, 5) is 48.1. The molecule has 190 valence electrons. The third-order valence-electron chi connectivity index (χ3n) is 5.99. The Bertz CT molecular complexity index is 1280. The summed E-state index contributed by atoms with van der Waals surface area (Å²) in [6, 6.07) is 4.93. The summed E-state index contributed by atoms with van der Waals surface area (Å²) in [6.07, 6.45) is -6.90. The zero-order chi connectivity index (χ0) is 26.6. The van der Waals surface area contributed by atoms with Crippen LogP contribution in [0.15, 0.2) is 59.1 Å². The number of halogens is 4. The van der Waals surface area contributed by atoms with E-state index in [0.29, 0.717) is 4.90 Å². The number of benzene rings is 1. The summed E-state index contributed by atoms with van der Waals surface area (Å²) in [5.41, 5.74) is -2.72. The van der Waals surface area contributed by atoms with Crippen molar-refractivity contribution in [2.24, 2.45) is 0 Å². The average molecular weight is 512 g/mol. The number of carboxylic acid groups (broad SMARTS) is 1. The molecule has 3 aliphatic rings. The zero-order valence-corrected chi connectivity index (χ0v) is 18.2. The molecule has 2 aliphatic heterocycles. The Labute approximate surface area is 199 Å². The molecule has 3 unspecified atom stereocenters. The van der Waals surface area contributed by atoms with Crippen LogP contribution in [0.3, 0.4) is 0 Å². The second kappa shape index (κ2) is 8.55. The molecule has 10 nitrogen and oxygen atoms in total. The molecule has 0 bridgehead atoms. The van der Waals surface area contributed by atoms with Crippen LogP contribution in [0.25, 0.3) is 0 Å². The molecule has 1 aromatic carbocycles. The van der Waals surface area contributed by atoms with Crippen LogP contribution in [0.5, 0.6) is 5.75 Å². The average Bonchev–Trinajstić information content (AvgIpc) is 3.18. The number of Topliss-reactive ketones (excluding diaryl/α,β-unsaturated/α-hetero) is 1. The van der Waals surface area contributed by atoms with Crippen LogP contribution in [0.2, 0.25) is 0 Å². The van der Waals surface area contributed by atoms with E-state index < -0.39 is 76.0 Å². The minimum atomic E-state index is -4.93. The van der Waals surface area contributed by atoms with E-state index in [9.17, 15) is 42.8 Å². The molecule has 0 aromatic heterocycles. The van der Waals surface area contributed by atoms with Crippen LogP contribution in [0, 0.1) is 10.1 Å². The van der Waals surface area contributed by atoms with Crippen molar-refractivity contribution in [3.05, 3.63) is 74.8 Å². The van der Waals surface area contributed by atoms with Gasteiger partial charge in [0, 0.05) is 5.41 Å². The number of nitro groups is 1. The van der Waals surface area contributed by atoms with Crippen LogP contribution in [0.1, 0.15) is 18.9 Å². The predicted molar refractivity (Wildman–Crippen MR) is 109 cm³/mol. The van der Waals surface area contributed by atoms with Gasteiger partial charge in [-0.05, 0) is 30.2 Å². The first-order valence-corrected chi connectivity index (χ1v) is 10.3. The smallest absolute Gasteiger partial charge is 0.479 e. The number of aliphatic carboxylic acids is 1. The number of rotatable bonds is 5. The minimum absolute atomic E-state index is 0.0223. The Morgan fingerprint density at radius 3 is 2.58 bits per heavy atom. The van der Waals surface area contributed by atoms with Crippen molar-refractivity contribution < 1.29 is 51.4 Å². The first-order valence-electron chi connectivity index (χ1n) is 10.3. The van der Waals surface area contributed by atoms with Crippen molar-refractivity contribution in [3.8, 4) is 5.75 Å². The fraction of sp³-hybridized carbons (Fsp3) is 0.318. The highest BCUT2D eigenvalue weighted by atomic mass is 19.4. The third kappa shape index (κ3) is 4.34. The van der Waals surface area contributed by atoms with E-state index in [1.54, 1.807) is 0 Å². The number of ether oxygens (including phenoxy) is 2. The fourth-order valence-electron chi connectivity index (χ4n) is 4.34. The first-order chi connectivity index (χ1) is 16.7. The van der Waals surface area contributed by atoms with E-state index in [1.165, 1.54) is 25.1 Å². The van der Waals surface area contributed by atoms with Crippen LogP contribution in [-0.4, -0.2) is 57.8 Å². The van der Waals surface area contributed by atoms with Gasteiger partial charge in [-0.25, -0.2) is 9.18 Å². The number of ketones is 1. The van der Waals surface area contributed by atoms with Gasteiger partial charge in [-0.1, -0.05) is 25.1 Å². The normalized spacial score (nSPS) is 26.4. The second-order valence-corrected chi connectivity index (χ2v) is 8.41. The first kappa shape index (κ1) is 25.0. The van der Waals surface area contributed by atoms with E-state index in [1.807, 2.05) is 0 Å². The molecule has 36 heavy (non-hydrogen) atoms. The van der Waals surface area contributed by atoms with Gasteiger partial charge < -0.3 is 9.84 Å². The number of alkyl halides is 3. The molecule has 2 heterocycles. The summed E-state index contributed by atoms with van der Waals surface area (Å²) < 4.78 is 61.8. The predicted octanol–water partition coefficient (Wildman–Crippen LogP) is 2.78. The molecule has 1 amide bonds. The van der Waals surface area contributed by atoms with Gasteiger partial charge in [0.2, 0.25) is 0 Å². The number of carbonyl (C=O) groups excluding carboxylic acids is 2. The molecular weight excluding hydrogens is 496 g/mol. The number of hydrogen-bond acceptors (Lipinski definition) is 7. The molecule has 1 aromatic rings.